The molecule has 0 aliphatic carbocycles. The maximum absolute atomic E-state index is 13.3. The molecule has 2 heterocycles. The maximum atomic E-state index is 13.3. The standard InChI is InChI=1S/C18H13FN2O2/c19-13-6-7-15-12(10-13)11-16(23-15)17(22)18-20-8-9-21(18)14-4-2-1-3-5-14/h1-10,16H,11H2/t16-/m1/s1. The van der Waals surface area contributed by atoms with Crippen LogP contribution in [0.5, 0.6) is 5.75 Å². The van der Waals surface area contributed by atoms with Gasteiger partial charge in [-0.1, -0.05) is 18.2 Å². The van der Waals surface area contributed by atoms with Crippen molar-refractivity contribution in [3.63, 3.8) is 0 Å². The van der Waals surface area contributed by atoms with Crippen molar-refractivity contribution in [2.24, 2.45) is 0 Å². The Bertz CT molecular complexity index is 874. The lowest BCUT2D eigenvalue weighted by Gasteiger charge is -2.11. The number of nitrogens with zero attached hydrogens (tertiary/aromatic N) is 2. The molecule has 0 N–H and O–H groups in total. The molecule has 1 aromatic heterocycles. The predicted molar refractivity (Wildman–Crippen MR) is 82.4 cm³/mol. The number of carbonyl (C=O) groups is 1. The number of hydrogen-bond acceptors (Lipinski definition) is 3. The molecular formula is C18H13FN2O2. The van der Waals surface area contributed by atoms with Gasteiger partial charge in [-0.3, -0.25) is 9.36 Å². The van der Waals surface area contributed by atoms with Crippen LogP contribution in [-0.2, 0) is 6.42 Å². The van der Waals surface area contributed by atoms with Gasteiger partial charge in [0, 0.05) is 30.1 Å². The number of fused-ring (bicyclic) bond motifs is 1. The highest BCUT2D eigenvalue weighted by Crippen LogP contribution is 2.30. The van der Waals surface area contributed by atoms with Crippen LogP contribution in [0, 0.1) is 5.82 Å². The molecule has 5 heteroatoms. The SMILES string of the molecule is O=C(c1nccn1-c1ccccc1)[C@H]1Cc2cc(F)ccc2O1. The number of para-hydroxylation sites is 1. The number of ketones is 1. The van der Waals surface area contributed by atoms with E-state index in [-0.39, 0.29) is 11.6 Å². The number of hydrogen-bond donors (Lipinski definition) is 0. The fourth-order valence-electron chi connectivity index (χ4n) is 2.79. The Balaban J connectivity index is 1.64. The Hall–Kier alpha value is -2.95. The largest absolute Gasteiger partial charge is 0.481 e. The molecule has 0 saturated carbocycles. The minimum atomic E-state index is -0.670. The van der Waals surface area contributed by atoms with E-state index >= 15 is 0 Å². The van der Waals surface area contributed by atoms with Gasteiger partial charge in [0.1, 0.15) is 11.6 Å². The second-order valence-electron chi connectivity index (χ2n) is 5.38. The molecule has 0 spiro atoms. The summed E-state index contributed by atoms with van der Waals surface area (Å²) in [6.45, 7) is 0. The normalized spacial score (nSPS) is 16.0. The third-order valence-electron chi connectivity index (χ3n) is 3.88. The van der Waals surface area contributed by atoms with E-state index in [1.54, 1.807) is 23.0 Å². The van der Waals surface area contributed by atoms with Crippen LogP contribution in [0.15, 0.2) is 60.9 Å². The number of carbonyl (C=O) groups excluding carboxylic acids is 1. The van der Waals surface area contributed by atoms with E-state index in [2.05, 4.69) is 4.98 Å². The zero-order valence-electron chi connectivity index (χ0n) is 12.1. The smallest absolute Gasteiger partial charge is 0.239 e. The first-order chi connectivity index (χ1) is 11.2. The van der Waals surface area contributed by atoms with Crippen molar-refractivity contribution in [1.29, 1.82) is 0 Å². The maximum Gasteiger partial charge on any atom is 0.239 e. The van der Waals surface area contributed by atoms with Gasteiger partial charge in [-0.2, -0.15) is 0 Å². The van der Waals surface area contributed by atoms with Gasteiger partial charge in [-0.15, -0.1) is 0 Å². The Morgan fingerprint density at radius 3 is 2.87 bits per heavy atom. The minimum Gasteiger partial charge on any atom is -0.481 e. The van der Waals surface area contributed by atoms with Gasteiger partial charge in [-0.05, 0) is 30.3 Å². The number of ether oxygens (including phenoxy) is 1. The van der Waals surface area contributed by atoms with Gasteiger partial charge in [0.05, 0.1) is 0 Å². The molecule has 1 atom stereocenters. The summed E-state index contributed by atoms with van der Waals surface area (Å²) in [5.74, 6) is 0.332. The van der Waals surface area contributed by atoms with Crippen LogP contribution < -0.4 is 4.74 Å². The molecule has 4 nitrogen and oxygen atoms in total. The highest BCUT2D eigenvalue weighted by atomic mass is 19.1. The number of benzene rings is 2. The van der Waals surface area contributed by atoms with E-state index in [0.717, 1.165) is 5.69 Å². The number of imidazole rings is 1. The molecule has 0 radical (unpaired) electrons. The molecule has 2 aromatic carbocycles. The second-order valence-corrected chi connectivity index (χ2v) is 5.38. The minimum absolute atomic E-state index is 0.213. The van der Waals surface area contributed by atoms with Gasteiger partial charge in [0.2, 0.25) is 5.78 Å². The fourth-order valence-corrected chi connectivity index (χ4v) is 2.79. The average molecular weight is 308 g/mol. The number of rotatable bonds is 3. The molecule has 3 aromatic rings. The van der Waals surface area contributed by atoms with Crippen molar-refractivity contribution in [2.45, 2.75) is 12.5 Å². The van der Waals surface area contributed by atoms with Crippen LogP contribution in [0.25, 0.3) is 5.69 Å². The van der Waals surface area contributed by atoms with Crippen LogP contribution >= 0.6 is 0 Å². The van der Waals surface area contributed by atoms with E-state index in [0.29, 0.717) is 23.6 Å². The van der Waals surface area contributed by atoms with Crippen LogP contribution in [0.4, 0.5) is 4.39 Å². The van der Waals surface area contributed by atoms with Crippen molar-refractivity contribution in [3.8, 4) is 11.4 Å². The van der Waals surface area contributed by atoms with E-state index in [1.165, 1.54) is 12.1 Å². The van der Waals surface area contributed by atoms with Crippen LogP contribution in [0.1, 0.15) is 16.2 Å². The van der Waals surface area contributed by atoms with E-state index < -0.39 is 6.10 Å². The van der Waals surface area contributed by atoms with E-state index in [4.69, 9.17) is 4.74 Å². The Morgan fingerprint density at radius 2 is 2.04 bits per heavy atom. The first-order valence-electron chi connectivity index (χ1n) is 7.30. The van der Waals surface area contributed by atoms with Crippen molar-refractivity contribution in [1.82, 2.24) is 9.55 Å². The highest BCUT2D eigenvalue weighted by Gasteiger charge is 2.32. The second kappa shape index (κ2) is 5.35. The molecule has 0 amide bonds. The van der Waals surface area contributed by atoms with E-state index in [1.807, 2.05) is 30.3 Å². The number of Topliss-reactive ketones (excluding diaryl/α,β-unsaturated/α-hetero) is 1. The topological polar surface area (TPSA) is 44.1 Å². The predicted octanol–water partition coefficient (Wildman–Crippen LogP) is 3.20. The Labute approximate surface area is 132 Å². The molecule has 4 rings (SSSR count). The molecule has 114 valence electrons. The molecule has 0 fully saturated rings. The lowest BCUT2D eigenvalue weighted by atomic mass is 10.1. The third-order valence-corrected chi connectivity index (χ3v) is 3.88. The summed E-state index contributed by atoms with van der Waals surface area (Å²) >= 11 is 0. The van der Waals surface area contributed by atoms with Crippen LogP contribution in [0.2, 0.25) is 0 Å². The summed E-state index contributed by atoms with van der Waals surface area (Å²) in [5.41, 5.74) is 1.57. The zero-order chi connectivity index (χ0) is 15.8. The molecule has 1 aliphatic heterocycles. The quantitative estimate of drug-likeness (QED) is 0.698. The Kier molecular flexibility index (Phi) is 3.19. The summed E-state index contributed by atoms with van der Waals surface area (Å²) in [4.78, 5) is 16.9. The molecule has 0 unspecified atom stereocenters. The lowest BCUT2D eigenvalue weighted by molar-refractivity contribution is 0.0812. The summed E-state index contributed by atoms with van der Waals surface area (Å²) in [6, 6.07) is 13.8. The number of aromatic nitrogens is 2. The monoisotopic (exact) mass is 308 g/mol. The third kappa shape index (κ3) is 2.40. The molecular weight excluding hydrogens is 295 g/mol. The fraction of sp³-hybridized carbons (Fsp3) is 0.111. The first kappa shape index (κ1) is 13.7. The summed E-state index contributed by atoms with van der Waals surface area (Å²) in [6.07, 6.45) is 3.01. The first-order valence-corrected chi connectivity index (χ1v) is 7.30. The lowest BCUT2D eigenvalue weighted by Crippen LogP contribution is -2.28. The van der Waals surface area contributed by atoms with E-state index in [9.17, 15) is 9.18 Å². The van der Waals surface area contributed by atoms with Gasteiger partial charge in [0.25, 0.3) is 0 Å². The Morgan fingerprint density at radius 1 is 1.22 bits per heavy atom. The van der Waals surface area contributed by atoms with Gasteiger partial charge >= 0.3 is 0 Å². The zero-order valence-corrected chi connectivity index (χ0v) is 12.1. The average Bonchev–Trinajstić information content (AvgIpc) is 3.21. The summed E-state index contributed by atoms with van der Waals surface area (Å²) in [5, 5.41) is 0. The van der Waals surface area contributed by atoms with Gasteiger partial charge in [-0.25, -0.2) is 9.37 Å². The van der Waals surface area contributed by atoms with Gasteiger partial charge < -0.3 is 4.74 Å². The van der Waals surface area contributed by atoms with Crippen molar-refractivity contribution < 1.29 is 13.9 Å². The molecule has 23 heavy (non-hydrogen) atoms. The van der Waals surface area contributed by atoms with Crippen LogP contribution in [-0.4, -0.2) is 21.4 Å². The summed E-state index contributed by atoms with van der Waals surface area (Å²) in [7, 11) is 0. The number of halogens is 1. The summed E-state index contributed by atoms with van der Waals surface area (Å²) < 4.78 is 20.7. The molecule has 0 bridgehead atoms. The van der Waals surface area contributed by atoms with Crippen molar-refractivity contribution in [3.05, 3.63) is 78.1 Å². The van der Waals surface area contributed by atoms with Crippen molar-refractivity contribution >= 4 is 5.78 Å². The van der Waals surface area contributed by atoms with Crippen LogP contribution in [0.3, 0.4) is 0 Å². The highest BCUT2D eigenvalue weighted by molar-refractivity contribution is 5.98. The van der Waals surface area contributed by atoms with Gasteiger partial charge in [0.15, 0.2) is 11.9 Å². The van der Waals surface area contributed by atoms with Crippen molar-refractivity contribution in [2.75, 3.05) is 0 Å². The molecule has 0 saturated heterocycles. The molecule has 1 aliphatic rings.